The quantitative estimate of drug-likeness (QED) is 0.373. The third kappa shape index (κ3) is 4.78. The van der Waals surface area contributed by atoms with E-state index in [1.165, 1.54) is 17.8 Å². The molecule has 7 nitrogen and oxygen atoms in total. The van der Waals surface area contributed by atoms with Crippen LogP contribution in [0.5, 0.6) is 0 Å². The van der Waals surface area contributed by atoms with Gasteiger partial charge in [0.05, 0.1) is 22.2 Å². The molecule has 4 aromatic rings. The average molecular weight is 523 g/mol. The molecule has 1 aliphatic rings. The van der Waals surface area contributed by atoms with E-state index in [-0.39, 0.29) is 11.6 Å². The van der Waals surface area contributed by atoms with Crippen LogP contribution < -0.4 is 10.3 Å². The maximum atomic E-state index is 14.9. The summed E-state index contributed by atoms with van der Waals surface area (Å²) < 4.78 is 42.7. The van der Waals surface area contributed by atoms with Crippen molar-refractivity contribution in [1.82, 2.24) is 10.2 Å². The van der Waals surface area contributed by atoms with Crippen LogP contribution >= 0.6 is 11.8 Å². The first kappa shape index (κ1) is 24.2. The van der Waals surface area contributed by atoms with Gasteiger partial charge in [-0.2, -0.15) is 5.10 Å². The van der Waals surface area contributed by atoms with Crippen LogP contribution in [0.3, 0.4) is 0 Å². The van der Waals surface area contributed by atoms with Crippen LogP contribution in [0.2, 0.25) is 0 Å². The van der Waals surface area contributed by atoms with Crippen molar-refractivity contribution >= 4 is 43.3 Å². The number of nitrogens with one attached hydrogen (secondary N) is 2. The van der Waals surface area contributed by atoms with Crippen molar-refractivity contribution in [3.63, 3.8) is 0 Å². The van der Waals surface area contributed by atoms with Crippen molar-refractivity contribution in [3.8, 4) is 11.1 Å². The lowest BCUT2D eigenvalue weighted by Crippen LogP contribution is -2.30. The van der Waals surface area contributed by atoms with E-state index >= 15 is 0 Å². The summed E-state index contributed by atoms with van der Waals surface area (Å²) in [5.74, 6) is -0.429. The minimum atomic E-state index is -3.71. The molecule has 0 aliphatic carbocycles. The molecular formula is C26H23FN4O3S2. The molecule has 1 aliphatic heterocycles. The molecule has 0 bridgehead atoms. The van der Waals surface area contributed by atoms with Gasteiger partial charge in [0.2, 0.25) is 10.0 Å². The highest BCUT2D eigenvalue weighted by atomic mass is 32.3. The van der Waals surface area contributed by atoms with Gasteiger partial charge in [-0.15, -0.1) is 0 Å². The zero-order valence-corrected chi connectivity index (χ0v) is 21.2. The van der Waals surface area contributed by atoms with Crippen LogP contribution in [0.25, 0.3) is 21.9 Å². The largest absolute Gasteiger partial charge is 0.283 e. The van der Waals surface area contributed by atoms with Crippen LogP contribution in [-0.4, -0.2) is 34.3 Å². The Morgan fingerprint density at radius 2 is 1.83 bits per heavy atom. The summed E-state index contributed by atoms with van der Waals surface area (Å²) in [4.78, 5) is 16.4. The van der Waals surface area contributed by atoms with Gasteiger partial charge in [0.1, 0.15) is 5.82 Å². The summed E-state index contributed by atoms with van der Waals surface area (Å²) in [6, 6.07) is 18.3. The van der Waals surface area contributed by atoms with Crippen molar-refractivity contribution in [1.29, 1.82) is 0 Å². The Balaban J connectivity index is 1.44. The zero-order valence-electron chi connectivity index (χ0n) is 19.5. The second kappa shape index (κ2) is 9.51. The van der Waals surface area contributed by atoms with Gasteiger partial charge in [-0.25, -0.2) is 17.9 Å². The van der Waals surface area contributed by atoms with Crippen molar-refractivity contribution in [2.24, 2.45) is 4.99 Å². The number of H-pyrrole nitrogens is 1. The van der Waals surface area contributed by atoms with Crippen LogP contribution in [0.1, 0.15) is 25.1 Å². The minimum absolute atomic E-state index is 0.263. The Bertz CT molecular complexity index is 1670. The summed E-state index contributed by atoms with van der Waals surface area (Å²) >= 11 is 1.22. The number of sulfonamides is 1. The number of aromatic amines is 1. The van der Waals surface area contributed by atoms with Crippen LogP contribution in [0, 0.1) is 5.82 Å². The number of aliphatic imine (C=N–C) groups is 1. The van der Waals surface area contributed by atoms with E-state index in [1.807, 2.05) is 12.1 Å². The number of anilines is 1. The summed E-state index contributed by atoms with van der Waals surface area (Å²) in [7, 11) is -3.71. The highest BCUT2D eigenvalue weighted by molar-refractivity contribution is 8.23. The fraction of sp³-hybridized carbons (Fsp3) is 0.192. The monoisotopic (exact) mass is 522 g/mol. The van der Waals surface area contributed by atoms with E-state index in [0.717, 1.165) is 16.0 Å². The van der Waals surface area contributed by atoms with E-state index in [1.54, 1.807) is 62.4 Å². The van der Waals surface area contributed by atoms with Gasteiger partial charge in [-0.1, -0.05) is 48.2 Å². The number of halogens is 1. The molecular weight excluding hydrogens is 499 g/mol. The summed E-state index contributed by atoms with van der Waals surface area (Å²) in [5, 5.41) is 8.75. The number of hydrogen-bond acceptors (Lipinski definition) is 6. The van der Waals surface area contributed by atoms with Gasteiger partial charge in [0, 0.05) is 23.1 Å². The molecule has 2 atom stereocenters. The molecule has 0 fully saturated rings. The molecule has 0 spiro atoms. The molecule has 2 unspecified atom stereocenters. The third-order valence-electron chi connectivity index (χ3n) is 5.98. The topological polar surface area (TPSA) is 104 Å². The lowest BCUT2D eigenvalue weighted by molar-refractivity contribution is 0.592. The first-order chi connectivity index (χ1) is 17.2. The van der Waals surface area contributed by atoms with Gasteiger partial charge in [0.15, 0.2) is 4.58 Å². The number of fused-ring (bicyclic) bond motifs is 1. The van der Waals surface area contributed by atoms with Gasteiger partial charge in [-0.05, 0) is 55.3 Å². The average Bonchev–Trinajstić information content (AvgIpc) is 3.21. The highest BCUT2D eigenvalue weighted by Crippen LogP contribution is 2.33. The van der Waals surface area contributed by atoms with Gasteiger partial charge >= 0.3 is 0 Å². The summed E-state index contributed by atoms with van der Waals surface area (Å²) in [6.07, 6.45) is 0.382. The lowest BCUT2D eigenvalue weighted by Gasteiger charge is -2.17. The number of rotatable bonds is 6. The number of aromatic nitrogens is 2. The van der Waals surface area contributed by atoms with Crippen molar-refractivity contribution < 1.29 is 12.8 Å². The molecule has 1 aromatic heterocycles. The smallest absolute Gasteiger partial charge is 0.272 e. The fourth-order valence-electron chi connectivity index (χ4n) is 4.34. The van der Waals surface area contributed by atoms with Crippen LogP contribution in [-0.2, 0) is 16.4 Å². The Morgan fingerprint density at radius 3 is 2.58 bits per heavy atom. The zero-order chi connectivity index (χ0) is 25.4. The third-order valence-corrected chi connectivity index (χ3v) is 9.63. The number of hydrogen-bond donors (Lipinski definition) is 2. The molecule has 2 N–H and O–H groups in total. The van der Waals surface area contributed by atoms with E-state index in [2.05, 4.69) is 19.9 Å². The Kier molecular flexibility index (Phi) is 6.40. The Labute approximate surface area is 211 Å². The van der Waals surface area contributed by atoms with E-state index < -0.39 is 20.4 Å². The standard InChI is InChI=1S/C26H23FN4O3S2/c1-15-26(35-16(2)28-15)36(33,34)31-19-7-5-6-18(14-19)22-12-17(10-11-23(22)27)13-24-20-8-3-4-9-21(20)25(32)30-29-24/h3-12,14-15,26,31H,13H2,1-2H3,(H,30,32). The minimum Gasteiger partial charge on any atom is -0.283 e. The number of benzene rings is 3. The predicted molar refractivity (Wildman–Crippen MR) is 143 cm³/mol. The van der Waals surface area contributed by atoms with Crippen molar-refractivity contribution in [2.45, 2.75) is 30.9 Å². The van der Waals surface area contributed by atoms with Gasteiger partial charge < -0.3 is 0 Å². The Hall–Kier alpha value is -3.50. The normalized spacial score (nSPS) is 17.8. The first-order valence-corrected chi connectivity index (χ1v) is 13.7. The summed E-state index contributed by atoms with van der Waals surface area (Å²) in [6.45, 7) is 3.56. The maximum Gasteiger partial charge on any atom is 0.272 e. The predicted octanol–water partition coefficient (Wildman–Crippen LogP) is 4.94. The molecule has 0 saturated heterocycles. The molecule has 36 heavy (non-hydrogen) atoms. The van der Waals surface area contributed by atoms with E-state index in [4.69, 9.17) is 0 Å². The molecule has 184 valence electrons. The molecule has 0 saturated carbocycles. The Morgan fingerprint density at radius 1 is 1.06 bits per heavy atom. The maximum absolute atomic E-state index is 14.9. The second-order valence-electron chi connectivity index (χ2n) is 8.64. The lowest BCUT2D eigenvalue weighted by atomic mass is 9.98. The molecule has 3 aromatic carbocycles. The van der Waals surface area contributed by atoms with Gasteiger partial charge in [-0.3, -0.25) is 14.5 Å². The van der Waals surface area contributed by atoms with Crippen LogP contribution in [0.4, 0.5) is 10.1 Å². The van der Waals surface area contributed by atoms with Gasteiger partial charge in [0.25, 0.3) is 5.56 Å². The first-order valence-electron chi connectivity index (χ1n) is 11.3. The SMILES string of the molecule is CC1=NC(C)C(S(=O)(=O)Nc2cccc(-c3cc(Cc4n[nH]c(=O)c5ccccc45)ccc3F)c2)S1. The number of nitrogens with zero attached hydrogens (tertiary/aromatic N) is 2. The highest BCUT2D eigenvalue weighted by Gasteiger charge is 2.36. The molecule has 5 rings (SSSR count). The molecule has 2 heterocycles. The second-order valence-corrected chi connectivity index (χ2v) is 12.1. The summed E-state index contributed by atoms with van der Waals surface area (Å²) in [5.41, 5.74) is 2.43. The molecule has 10 heteroatoms. The number of thioether (sulfide) groups is 1. The molecule has 0 amide bonds. The van der Waals surface area contributed by atoms with E-state index in [9.17, 15) is 17.6 Å². The molecule has 0 radical (unpaired) electrons. The van der Waals surface area contributed by atoms with Crippen LogP contribution in [0.15, 0.2) is 76.5 Å². The van der Waals surface area contributed by atoms with Crippen molar-refractivity contribution in [3.05, 3.63) is 94.2 Å². The van der Waals surface area contributed by atoms with Crippen molar-refractivity contribution in [2.75, 3.05) is 4.72 Å². The fourth-order valence-corrected chi connectivity index (χ4v) is 7.38. The van der Waals surface area contributed by atoms with E-state index in [0.29, 0.717) is 34.3 Å².